The fraction of sp³-hybridized carbons (Fsp3) is 0.375. The fourth-order valence-electron chi connectivity index (χ4n) is 2.98. The fourth-order valence-corrected chi connectivity index (χ4v) is 4.44. The Morgan fingerprint density at radius 3 is 2.88 bits per heavy atom. The molecule has 0 saturated carbocycles. The Balaban J connectivity index is 1.78. The predicted octanol–water partition coefficient (Wildman–Crippen LogP) is 2.67. The molecule has 0 aliphatic carbocycles. The molecular formula is C16H16ClFN2O3S. The second-order valence-electron chi connectivity index (χ2n) is 5.74. The van der Waals surface area contributed by atoms with Gasteiger partial charge in [0.1, 0.15) is 16.7 Å². The van der Waals surface area contributed by atoms with Gasteiger partial charge in [-0.05, 0) is 25.6 Å². The number of rotatable bonds is 3. The third kappa shape index (κ3) is 2.99. The summed E-state index contributed by atoms with van der Waals surface area (Å²) in [4.78, 5) is 26.3. The van der Waals surface area contributed by atoms with Crippen LogP contribution in [0.4, 0.5) is 4.39 Å². The van der Waals surface area contributed by atoms with Crippen molar-refractivity contribution < 1.29 is 18.7 Å². The summed E-state index contributed by atoms with van der Waals surface area (Å²) in [5.41, 5.74) is 0. The van der Waals surface area contributed by atoms with E-state index in [4.69, 9.17) is 16.3 Å². The second-order valence-corrected chi connectivity index (χ2v) is 7.17. The lowest BCUT2D eigenvalue weighted by atomic mass is 10.1. The van der Waals surface area contributed by atoms with Gasteiger partial charge in [-0.3, -0.25) is 14.5 Å². The zero-order chi connectivity index (χ0) is 17.4. The van der Waals surface area contributed by atoms with Crippen molar-refractivity contribution in [1.29, 1.82) is 0 Å². The highest BCUT2D eigenvalue weighted by atomic mass is 35.5. The number of thiophene rings is 1. The van der Waals surface area contributed by atoms with Crippen LogP contribution < -0.4 is 5.32 Å². The number of carbonyl (C=O) groups excluding carboxylic acids is 2. The molecule has 128 valence electrons. The number of likely N-dealkylation sites (tertiary alicyclic amines) is 1. The van der Waals surface area contributed by atoms with E-state index in [1.807, 2.05) is 4.90 Å². The molecule has 1 aliphatic heterocycles. The van der Waals surface area contributed by atoms with E-state index in [0.29, 0.717) is 17.7 Å². The summed E-state index contributed by atoms with van der Waals surface area (Å²) in [5, 5.41) is 3.27. The van der Waals surface area contributed by atoms with Crippen molar-refractivity contribution in [3.05, 3.63) is 33.9 Å². The van der Waals surface area contributed by atoms with E-state index in [9.17, 15) is 14.0 Å². The van der Waals surface area contributed by atoms with Crippen LogP contribution in [0.5, 0.6) is 0 Å². The number of fused-ring (bicyclic) bond motifs is 1. The van der Waals surface area contributed by atoms with E-state index >= 15 is 0 Å². The van der Waals surface area contributed by atoms with Crippen LogP contribution in [-0.2, 0) is 9.53 Å². The average Bonchev–Trinajstić information content (AvgIpc) is 3.08. The molecule has 8 heteroatoms. The molecule has 0 bridgehead atoms. The topological polar surface area (TPSA) is 58.6 Å². The first-order chi connectivity index (χ1) is 11.4. The van der Waals surface area contributed by atoms with Crippen molar-refractivity contribution in [2.75, 3.05) is 20.7 Å². The quantitative estimate of drug-likeness (QED) is 0.844. The molecule has 24 heavy (non-hydrogen) atoms. The lowest BCUT2D eigenvalue weighted by Gasteiger charge is -2.15. The van der Waals surface area contributed by atoms with Gasteiger partial charge in [0.15, 0.2) is 0 Å². The molecule has 1 aromatic heterocycles. The van der Waals surface area contributed by atoms with Gasteiger partial charge in [-0.2, -0.15) is 0 Å². The molecule has 1 N–H and O–H groups in total. The number of nitrogens with zero attached hydrogens (tertiary/aromatic N) is 1. The first-order valence-corrected chi connectivity index (χ1v) is 8.57. The van der Waals surface area contributed by atoms with Crippen LogP contribution in [0, 0.1) is 5.82 Å². The van der Waals surface area contributed by atoms with E-state index in [1.54, 1.807) is 19.2 Å². The van der Waals surface area contributed by atoms with Gasteiger partial charge in [0.25, 0.3) is 5.91 Å². The van der Waals surface area contributed by atoms with Crippen LogP contribution in [0.15, 0.2) is 18.2 Å². The lowest BCUT2D eigenvalue weighted by Crippen LogP contribution is -2.36. The maximum Gasteiger partial charge on any atom is 0.323 e. The molecule has 0 unspecified atom stereocenters. The summed E-state index contributed by atoms with van der Waals surface area (Å²) >= 11 is 7.35. The maximum absolute atomic E-state index is 13.9. The summed E-state index contributed by atoms with van der Waals surface area (Å²) in [6.07, 6.45) is 0.464. The second kappa shape index (κ2) is 6.66. The molecular weight excluding hydrogens is 355 g/mol. The van der Waals surface area contributed by atoms with Gasteiger partial charge in [0.05, 0.1) is 12.1 Å². The molecule has 1 amide bonds. The maximum atomic E-state index is 13.9. The number of methoxy groups -OCH3 is 1. The summed E-state index contributed by atoms with van der Waals surface area (Å²) in [7, 11) is 3.14. The normalized spacial score (nSPS) is 21.2. The Morgan fingerprint density at radius 2 is 2.21 bits per heavy atom. The van der Waals surface area contributed by atoms with Crippen molar-refractivity contribution in [2.24, 2.45) is 0 Å². The number of carbonyl (C=O) groups is 2. The van der Waals surface area contributed by atoms with Crippen molar-refractivity contribution in [3.8, 4) is 0 Å². The zero-order valence-corrected chi connectivity index (χ0v) is 14.7. The van der Waals surface area contributed by atoms with Crippen LogP contribution in [0.3, 0.4) is 0 Å². The number of benzene rings is 1. The van der Waals surface area contributed by atoms with Gasteiger partial charge in [0, 0.05) is 22.7 Å². The summed E-state index contributed by atoms with van der Waals surface area (Å²) in [5.74, 6) is -1.13. The zero-order valence-electron chi connectivity index (χ0n) is 13.1. The summed E-state index contributed by atoms with van der Waals surface area (Å²) < 4.78 is 19.3. The molecule has 1 saturated heterocycles. The van der Waals surface area contributed by atoms with E-state index in [2.05, 4.69) is 5.32 Å². The van der Waals surface area contributed by atoms with Gasteiger partial charge >= 0.3 is 5.97 Å². The van der Waals surface area contributed by atoms with Crippen LogP contribution in [0.25, 0.3) is 10.1 Å². The number of amides is 1. The summed E-state index contributed by atoms with van der Waals surface area (Å²) in [6.45, 7) is 0.530. The van der Waals surface area contributed by atoms with Crippen molar-refractivity contribution in [3.63, 3.8) is 0 Å². The van der Waals surface area contributed by atoms with Crippen LogP contribution in [-0.4, -0.2) is 49.6 Å². The number of hydrogen-bond donors (Lipinski definition) is 1. The lowest BCUT2D eigenvalue weighted by molar-refractivity contribution is -0.145. The highest BCUT2D eigenvalue weighted by Gasteiger charge is 2.36. The molecule has 3 rings (SSSR count). The third-order valence-corrected chi connectivity index (χ3v) is 5.81. The molecule has 2 heterocycles. The van der Waals surface area contributed by atoms with Crippen molar-refractivity contribution in [2.45, 2.75) is 18.5 Å². The molecule has 1 aliphatic rings. The third-order valence-electron chi connectivity index (χ3n) is 4.17. The highest BCUT2D eigenvalue weighted by Crippen LogP contribution is 2.37. The number of esters is 1. The Bertz CT molecular complexity index is 810. The number of hydrogen-bond acceptors (Lipinski definition) is 5. The minimum absolute atomic E-state index is 0.126. The molecule has 1 fully saturated rings. The minimum atomic E-state index is -0.445. The highest BCUT2D eigenvalue weighted by molar-refractivity contribution is 7.21. The molecule has 2 atom stereocenters. The van der Waals surface area contributed by atoms with Crippen LogP contribution in [0.2, 0.25) is 5.02 Å². The standard InChI is InChI=1S/C16H16ClFN2O3S/c1-20-7-8(6-10(20)16(22)23-2)19-15(21)14-13(17)12-9(18)4-3-5-11(12)24-14/h3-5,8,10H,6-7H2,1-2H3,(H,19,21)/t8-,10-/m0/s1. The SMILES string of the molecule is COC(=O)[C@@H]1C[C@H](NC(=O)c2sc3cccc(F)c3c2Cl)CN1C. The van der Waals surface area contributed by atoms with Gasteiger partial charge in [-0.15, -0.1) is 11.3 Å². The van der Waals surface area contributed by atoms with Crippen LogP contribution >= 0.6 is 22.9 Å². The Kier molecular flexibility index (Phi) is 4.76. The number of halogens is 2. The molecule has 0 radical (unpaired) electrons. The van der Waals surface area contributed by atoms with Gasteiger partial charge < -0.3 is 10.1 Å². The largest absolute Gasteiger partial charge is 0.468 e. The van der Waals surface area contributed by atoms with E-state index < -0.39 is 5.82 Å². The van der Waals surface area contributed by atoms with Crippen molar-refractivity contribution >= 4 is 44.9 Å². The Hall–Kier alpha value is -1.70. The first kappa shape index (κ1) is 17.1. The average molecular weight is 371 g/mol. The summed E-state index contributed by atoms with van der Waals surface area (Å²) in [6, 6.07) is 4.05. The number of nitrogens with one attached hydrogen (secondary N) is 1. The van der Waals surface area contributed by atoms with Crippen molar-refractivity contribution in [1.82, 2.24) is 10.2 Å². The molecule has 1 aromatic carbocycles. The predicted molar refractivity (Wildman–Crippen MR) is 91.1 cm³/mol. The van der Waals surface area contributed by atoms with E-state index in [1.165, 1.54) is 13.2 Å². The van der Waals surface area contributed by atoms with Crippen LogP contribution in [0.1, 0.15) is 16.1 Å². The molecule has 2 aromatic rings. The smallest absolute Gasteiger partial charge is 0.323 e. The van der Waals surface area contributed by atoms with Gasteiger partial charge in [-0.25, -0.2) is 4.39 Å². The number of ether oxygens (including phenoxy) is 1. The first-order valence-electron chi connectivity index (χ1n) is 7.37. The van der Waals surface area contributed by atoms with Gasteiger partial charge in [-0.1, -0.05) is 17.7 Å². The van der Waals surface area contributed by atoms with Gasteiger partial charge in [0.2, 0.25) is 0 Å². The minimum Gasteiger partial charge on any atom is -0.468 e. The van der Waals surface area contributed by atoms with E-state index in [-0.39, 0.29) is 39.2 Å². The monoisotopic (exact) mass is 370 g/mol. The van der Waals surface area contributed by atoms with E-state index in [0.717, 1.165) is 11.3 Å². The number of likely N-dealkylation sites (N-methyl/N-ethyl adjacent to an activating group) is 1. The molecule has 5 nitrogen and oxygen atoms in total. The molecule has 0 spiro atoms. The Morgan fingerprint density at radius 1 is 1.46 bits per heavy atom. The Labute approximate surface area is 147 Å².